The molecule has 2 atom stereocenters. The number of aromatic nitrogens is 2. The van der Waals surface area contributed by atoms with Crippen LogP contribution >= 0.6 is 0 Å². The van der Waals surface area contributed by atoms with Crippen LogP contribution in [0.1, 0.15) is 59.3 Å². The second-order valence-corrected chi connectivity index (χ2v) is 8.62. The van der Waals surface area contributed by atoms with E-state index in [0.29, 0.717) is 5.82 Å². The maximum absolute atomic E-state index is 11.6. The maximum atomic E-state index is 11.6. The molecule has 2 fully saturated rings. The maximum Gasteiger partial charge on any atom is 0.494 e. The highest BCUT2D eigenvalue weighted by atomic mass is 16.7. The fourth-order valence-electron chi connectivity index (χ4n) is 3.91. The average Bonchev–Trinajstić information content (AvgIpc) is 3.20. The second-order valence-electron chi connectivity index (χ2n) is 8.62. The second kappa shape index (κ2) is 5.97. The number of carboxylic acid groups (broad SMARTS) is 1. The van der Waals surface area contributed by atoms with Gasteiger partial charge in [0.1, 0.15) is 5.82 Å². The molecule has 7 nitrogen and oxygen atoms in total. The molecule has 0 unspecified atom stereocenters. The van der Waals surface area contributed by atoms with Crippen LogP contribution in [0.15, 0.2) is 18.2 Å². The molecule has 1 aromatic heterocycles. The molecule has 8 heteroatoms. The highest BCUT2D eigenvalue weighted by Crippen LogP contribution is 2.37. The summed E-state index contributed by atoms with van der Waals surface area (Å²) in [5.74, 6) is 0.697. The summed E-state index contributed by atoms with van der Waals surface area (Å²) in [6, 6.07) is 5.64. The minimum absolute atomic E-state index is 0.000949. The standard InChI is InChI=1S/C19H26BN3O4/c1-11-6-9-15(23(11)17(24)25)16-21-13-8-7-12(10-14(13)22-16)20-26-18(2,3)19(4,5)27-20/h7-8,10-11,15H,6,9H2,1-5H3,(H,21,22)(H,24,25)/t11-,15-/m0/s1. The van der Waals surface area contributed by atoms with Crippen molar-refractivity contribution in [3.8, 4) is 0 Å². The minimum Gasteiger partial charge on any atom is -0.465 e. The van der Waals surface area contributed by atoms with Gasteiger partial charge in [-0.1, -0.05) is 6.07 Å². The van der Waals surface area contributed by atoms with E-state index in [4.69, 9.17) is 9.31 Å². The number of nitrogens with zero attached hydrogens (tertiary/aromatic N) is 2. The van der Waals surface area contributed by atoms with E-state index in [0.717, 1.165) is 29.3 Å². The molecule has 2 saturated heterocycles. The van der Waals surface area contributed by atoms with Gasteiger partial charge < -0.3 is 19.4 Å². The lowest BCUT2D eigenvalue weighted by Gasteiger charge is -2.32. The normalized spacial score (nSPS) is 26.9. The quantitative estimate of drug-likeness (QED) is 0.793. The Morgan fingerprint density at radius 1 is 1.26 bits per heavy atom. The Balaban J connectivity index is 1.64. The largest absolute Gasteiger partial charge is 0.494 e. The number of imidazole rings is 1. The van der Waals surface area contributed by atoms with Gasteiger partial charge in [-0.2, -0.15) is 0 Å². The molecule has 0 spiro atoms. The molecule has 1 amide bonds. The molecule has 3 heterocycles. The zero-order chi connectivity index (χ0) is 19.6. The molecular weight excluding hydrogens is 345 g/mol. The van der Waals surface area contributed by atoms with Crippen LogP contribution in [0.3, 0.4) is 0 Å². The van der Waals surface area contributed by atoms with E-state index >= 15 is 0 Å². The zero-order valence-corrected chi connectivity index (χ0v) is 16.4. The molecule has 1 aromatic carbocycles. The number of hydrogen-bond donors (Lipinski definition) is 2. The van der Waals surface area contributed by atoms with E-state index in [-0.39, 0.29) is 12.1 Å². The van der Waals surface area contributed by atoms with E-state index in [2.05, 4.69) is 9.97 Å². The zero-order valence-electron chi connectivity index (χ0n) is 16.4. The summed E-state index contributed by atoms with van der Waals surface area (Å²) in [7, 11) is -0.437. The van der Waals surface area contributed by atoms with Crippen molar-refractivity contribution in [2.45, 2.75) is 70.7 Å². The van der Waals surface area contributed by atoms with Crippen LogP contribution in [0.5, 0.6) is 0 Å². The third-order valence-electron chi connectivity index (χ3n) is 6.25. The van der Waals surface area contributed by atoms with Crippen molar-refractivity contribution in [1.29, 1.82) is 0 Å². The lowest BCUT2D eigenvalue weighted by Crippen LogP contribution is -2.41. The van der Waals surface area contributed by atoms with Crippen molar-refractivity contribution in [2.75, 3.05) is 0 Å². The number of benzene rings is 1. The van der Waals surface area contributed by atoms with E-state index in [9.17, 15) is 9.90 Å². The van der Waals surface area contributed by atoms with Crippen LogP contribution in [0.2, 0.25) is 0 Å². The third-order valence-corrected chi connectivity index (χ3v) is 6.25. The van der Waals surface area contributed by atoms with Crippen LogP contribution in [0.4, 0.5) is 4.79 Å². The van der Waals surface area contributed by atoms with Gasteiger partial charge in [-0.15, -0.1) is 0 Å². The van der Waals surface area contributed by atoms with Gasteiger partial charge in [0.2, 0.25) is 0 Å². The first-order valence-electron chi connectivity index (χ1n) is 9.45. The molecule has 144 valence electrons. The summed E-state index contributed by atoms with van der Waals surface area (Å²) < 4.78 is 12.3. The molecule has 0 saturated carbocycles. The van der Waals surface area contributed by atoms with Crippen LogP contribution in [-0.2, 0) is 9.31 Å². The van der Waals surface area contributed by atoms with Gasteiger partial charge in [0, 0.05) is 6.04 Å². The van der Waals surface area contributed by atoms with E-state index in [1.807, 2.05) is 52.8 Å². The van der Waals surface area contributed by atoms with Gasteiger partial charge in [0.25, 0.3) is 0 Å². The molecular formula is C19H26BN3O4. The molecule has 0 radical (unpaired) electrons. The predicted octanol–water partition coefficient (Wildman–Crippen LogP) is 3.07. The number of amides is 1. The number of fused-ring (bicyclic) bond motifs is 1. The van der Waals surface area contributed by atoms with Gasteiger partial charge in [-0.25, -0.2) is 9.78 Å². The summed E-state index contributed by atoms with van der Waals surface area (Å²) in [5, 5.41) is 9.53. The van der Waals surface area contributed by atoms with Gasteiger partial charge in [0.15, 0.2) is 0 Å². The van der Waals surface area contributed by atoms with Crippen molar-refractivity contribution in [1.82, 2.24) is 14.9 Å². The first kappa shape index (κ1) is 18.3. The topological polar surface area (TPSA) is 87.7 Å². The number of H-pyrrole nitrogens is 1. The Hall–Kier alpha value is -2.06. The van der Waals surface area contributed by atoms with Gasteiger partial charge in [0.05, 0.1) is 28.3 Å². The summed E-state index contributed by atoms with van der Waals surface area (Å²) in [6.45, 7) is 10.1. The molecule has 0 bridgehead atoms. The Morgan fingerprint density at radius 2 is 1.93 bits per heavy atom. The molecule has 27 heavy (non-hydrogen) atoms. The Morgan fingerprint density at radius 3 is 2.56 bits per heavy atom. The van der Waals surface area contributed by atoms with Crippen molar-refractivity contribution >= 4 is 29.7 Å². The van der Waals surface area contributed by atoms with Gasteiger partial charge in [-0.05, 0) is 65.1 Å². The molecule has 2 aromatic rings. The van der Waals surface area contributed by atoms with Crippen molar-refractivity contribution in [3.63, 3.8) is 0 Å². The summed E-state index contributed by atoms with van der Waals surface area (Å²) >= 11 is 0. The van der Waals surface area contributed by atoms with E-state index in [1.165, 1.54) is 4.90 Å². The summed E-state index contributed by atoms with van der Waals surface area (Å²) in [4.78, 5) is 21.1. The Labute approximate surface area is 159 Å². The predicted molar refractivity (Wildman–Crippen MR) is 103 cm³/mol. The number of hydrogen-bond acceptors (Lipinski definition) is 4. The number of likely N-dealkylation sites (tertiary alicyclic amines) is 1. The minimum atomic E-state index is -0.900. The van der Waals surface area contributed by atoms with Crippen LogP contribution < -0.4 is 5.46 Å². The van der Waals surface area contributed by atoms with E-state index < -0.39 is 24.4 Å². The number of aromatic amines is 1. The lowest BCUT2D eigenvalue weighted by atomic mass is 9.79. The SMILES string of the molecule is C[C@H]1CC[C@@H](c2nc3ccc(B4OC(C)(C)C(C)(C)O4)cc3[nH]2)N1C(=O)O. The number of rotatable bonds is 2. The van der Waals surface area contributed by atoms with Crippen LogP contribution in [-0.4, -0.2) is 50.4 Å². The average molecular weight is 371 g/mol. The fourth-order valence-corrected chi connectivity index (χ4v) is 3.91. The number of nitrogens with one attached hydrogen (secondary N) is 1. The van der Waals surface area contributed by atoms with Gasteiger partial charge in [-0.3, -0.25) is 4.90 Å². The Kier molecular flexibility index (Phi) is 4.05. The van der Waals surface area contributed by atoms with Gasteiger partial charge >= 0.3 is 13.2 Å². The fraction of sp³-hybridized carbons (Fsp3) is 0.579. The highest BCUT2D eigenvalue weighted by molar-refractivity contribution is 6.62. The Bertz CT molecular complexity index is 878. The van der Waals surface area contributed by atoms with Crippen molar-refractivity contribution < 1.29 is 19.2 Å². The molecule has 0 aliphatic carbocycles. The third kappa shape index (κ3) is 2.91. The summed E-state index contributed by atoms with van der Waals surface area (Å²) in [6.07, 6.45) is 0.716. The monoisotopic (exact) mass is 371 g/mol. The van der Waals surface area contributed by atoms with Crippen molar-refractivity contribution in [2.24, 2.45) is 0 Å². The van der Waals surface area contributed by atoms with Crippen LogP contribution in [0, 0.1) is 0 Å². The smallest absolute Gasteiger partial charge is 0.465 e. The molecule has 2 aliphatic heterocycles. The molecule has 4 rings (SSSR count). The number of carbonyl (C=O) groups is 1. The molecule has 2 N–H and O–H groups in total. The van der Waals surface area contributed by atoms with Crippen molar-refractivity contribution in [3.05, 3.63) is 24.0 Å². The first-order valence-corrected chi connectivity index (χ1v) is 9.45. The first-order chi connectivity index (χ1) is 12.6. The highest BCUT2D eigenvalue weighted by Gasteiger charge is 2.51. The lowest BCUT2D eigenvalue weighted by molar-refractivity contribution is 0.00578. The van der Waals surface area contributed by atoms with Crippen LogP contribution in [0.25, 0.3) is 11.0 Å². The molecule has 2 aliphatic rings. The summed E-state index contributed by atoms with van der Waals surface area (Å²) in [5.41, 5.74) is 1.81. The van der Waals surface area contributed by atoms with E-state index in [1.54, 1.807) is 0 Å².